The third-order valence-corrected chi connectivity index (χ3v) is 4.66. The molecule has 3 N–H and O–H groups in total. The van der Waals surface area contributed by atoms with Crippen molar-refractivity contribution in [1.82, 2.24) is 30.1 Å². The number of aromatic nitrogens is 5. The summed E-state index contributed by atoms with van der Waals surface area (Å²) in [6.45, 7) is 6.80. The van der Waals surface area contributed by atoms with Gasteiger partial charge in [-0.3, -0.25) is 5.10 Å². The first kappa shape index (κ1) is 15.9. The van der Waals surface area contributed by atoms with Crippen molar-refractivity contribution in [2.24, 2.45) is 5.92 Å². The first-order chi connectivity index (χ1) is 12.3. The van der Waals surface area contributed by atoms with Gasteiger partial charge in [0.25, 0.3) is 0 Å². The molecule has 0 amide bonds. The SMILES string of the molecule is CCOc1c(-c2cn[nH]c2)ccn2nc(N[C@H]3CCNC[C@H]3C)nc12. The Bertz CT molecular complexity index is 842. The number of H-pyrrole nitrogens is 1. The lowest BCUT2D eigenvalue weighted by atomic mass is 9.95. The molecule has 0 aromatic carbocycles. The van der Waals surface area contributed by atoms with Crippen molar-refractivity contribution >= 4 is 11.6 Å². The molecular weight excluding hydrogens is 318 g/mol. The maximum atomic E-state index is 5.90. The molecule has 0 aliphatic carbocycles. The van der Waals surface area contributed by atoms with E-state index in [9.17, 15) is 0 Å². The van der Waals surface area contributed by atoms with Gasteiger partial charge in [-0.05, 0) is 38.4 Å². The van der Waals surface area contributed by atoms with Gasteiger partial charge < -0.3 is 15.4 Å². The van der Waals surface area contributed by atoms with Gasteiger partial charge in [-0.2, -0.15) is 10.1 Å². The van der Waals surface area contributed by atoms with Crippen molar-refractivity contribution in [2.45, 2.75) is 26.3 Å². The molecule has 1 aliphatic rings. The summed E-state index contributed by atoms with van der Waals surface area (Å²) in [7, 11) is 0. The number of anilines is 1. The second-order valence-electron chi connectivity index (χ2n) is 6.40. The minimum absolute atomic E-state index is 0.377. The zero-order valence-electron chi connectivity index (χ0n) is 14.5. The molecule has 132 valence electrons. The van der Waals surface area contributed by atoms with Gasteiger partial charge in [-0.15, -0.1) is 5.10 Å². The standard InChI is InChI=1S/C17H23N7O/c1-3-25-15-13(12-9-19-20-10-12)5-7-24-16(15)22-17(23-24)21-14-4-6-18-8-11(14)2/h5,7,9-11,14,18H,3-4,6,8H2,1-2H3,(H,19,20)(H,21,23)/t11-,14+/m1/s1. The van der Waals surface area contributed by atoms with Crippen LogP contribution < -0.4 is 15.4 Å². The van der Waals surface area contributed by atoms with Crippen molar-refractivity contribution in [1.29, 1.82) is 0 Å². The quantitative estimate of drug-likeness (QED) is 0.657. The zero-order chi connectivity index (χ0) is 17.2. The molecule has 2 atom stereocenters. The van der Waals surface area contributed by atoms with Crippen molar-refractivity contribution in [3.63, 3.8) is 0 Å². The predicted octanol–water partition coefficient (Wildman–Crippen LogP) is 1.93. The molecule has 4 heterocycles. The topological polar surface area (TPSA) is 92.2 Å². The summed E-state index contributed by atoms with van der Waals surface area (Å²) in [4.78, 5) is 4.70. The highest BCUT2D eigenvalue weighted by molar-refractivity contribution is 5.77. The third-order valence-electron chi connectivity index (χ3n) is 4.66. The second kappa shape index (κ2) is 6.72. The van der Waals surface area contributed by atoms with E-state index in [1.54, 1.807) is 10.7 Å². The van der Waals surface area contributed by atoms with E-state index in [4.69, 9.17) is 9.72 Å². The van der Waals surface area contributed by atoms with Crippen molar-refractivity contribution in [3.8, 4) is 16.9 Å². The fraction of sp³-hybridized carbons (Fsp3) is 0.471. The Hall–Kier alpha value is -2.61. The van der Waals surface area contributed by atoms with Crippen LogP contribution in [0.25, 0.3) is 16.8 Å². The first-order valence-electron chi connectivity index (χ1n) is 8.75. The number of nitrogens with zero attached hydrogens (tertiary/aromatic N) is 4. The van der Waals surface area contributed by atoms with Gasteiger partial charge in [-0.1, -0.05) is 6.92 Å². The normalized spacial score (nSPS) is 20.7. The van der Waals surface area contributed by atoms with Gasteiger partial charge in [0, 0.05) is 29.6 Å². The molecule has 1 aliphatic heterocycles. The van der Waals surface area contributed by atoms with Crippen LogP contribution in [0.5, 0.6) is 5.75 Å². The second-order valence-corrected chi connectivity index (χ2v) is 6.40. The monoisotopic (exact) mass is 341 g/mol. The molecule has 4 rings (SSSR count). The lowest BCUT2D eigenvalue weighted by molar-refractivity contribution is 0.343. The molecule has 0 spiro atoms. The maximum absolute atomic E-state index is 5.90. The van der Waals surface area contributed by atoms with E-state index in [-0.39, 0.29) is 0 Å². The number of piperidine rings is 1. The van der Waals surface area contributed by atoms with Crippen LogP contribution in [0.3, 0.4) is 0 Å². The molecule has 8 heteroatoms. The third kappa shape index (κ3) is 3.05. The molecule has 8 nitrogen and oxygen atoms in total. The summed E-state index contributed by atoms with van der Waals surface area (Å²) in [5.74, 6) is 1.91. The Morgan fingerprint density at radius 3 is 3.12 bits per heavy atom. The minimum Gasteiger partial charge on any atom is -0.489 e. The van der Waals surface area contributed by atoms with E-state index in [1.807, 2.05) is 25.4 Å². The number of hydrogen-bond acceptors (Lipinski definition) is 6. The summed E-state index contributed by atoms with van der Waals surface area (Å²) in [5, 5.41) is 18.3. The van der Waals surface area contributed by atoms with Crippen LogP contribution in [0.1, 0.15) is 20.3 Å². The lowest BCUT2D eigenvalue weighted by Gasteiger charge is -2.29. The minimum atomic E-state index is 0.377. The van der Waals surface area contributed by atoms with Gasteiger partial charge in [0.15, 0.2) is 11.4 Å². The Morgan fingerprint density at radius 1 is 1.44 bits per heavy atom. The molecule has 0 saturated carbocycles. The van der Waals surface area contributed by atoms with E-state index >= 15 is 0 Å². The average Bonchev–Trinajstić information content (AvgIpc) is 3.27. The summed E-state index contributed by atoms with van der Waals surface area (Å²) in [6, 6.07) is 2.36. The van der Waals surface area contributed by atoms with Crippen LogP contribution in [0.4, 0.5) is 5.95 Å². The fourth-order valence-corrected chi connectivity index (χ4v) is 3.29. The molecular formula is C17H23N7O. The van der Waals surface area contributed by atoms with E-state index in [1.165, 1.54) is 0 Å². The van der Waals surface area contributed by atoms with Crippen LogP contribution in [0.15, 0.2) is 24.7 Å². The number of pyridine rings is 1. The van der Waals surface area contributed by atoms with Crippen molar-refractivity contribution in [3.05, 3.63) is 24.7 Å². The Labute approximate surface area is 146 Å². The number of nitrogens with one attached hydrogen (secondary N) is 3. The largest absolute Gasteiger partial charge is 0.489 e. The number of rotatable bonds is 5. The van der Waals surface area contributed by atoms with Gasteiger partial charge in [0.05, 0.1) is 12.8 Å². The molecule has 0 bridgehead atoms. The first-order valence-corrected chi connectivity index (χ1v) is 8.75. The summed E-state index contributed by atoms with van der Waals surface area (Å²) < 4.78 is 7.66. The van der Waals surface area contributed by atoms with Crippen molar-refractivity contribution < 1.29 is 4.74 Å². The van der Waals surface area contributed by atoms with Gasteiger partial charge in [0.2, 0.25) is 5.95 Å². The number of aromatic amines is 1. The Balaban J connectivity index is 1.71. The number of hydrogen-bond donors (Lipinski definition) is 3. The summed E-state index contributed by atoms with van der Waals surface area (Å²) in [5.41, 5.74) is 2.64. The molecule has 1 saturated heterocycles. The Morgan fingerprint density at radius 2 is 2.36 bits per heavy atom. The molecule has 3 aromatic rings. The van der Waals surface area contributed by atoms with E-state index in [0.717, 1.165) is 36.4 Å². The van der Waals surface area contributed by atoms with Gasteiger partial charge in [0.1, 0.15) is 0 Å². The molecule has 1 fully saturated rings. The predicted molar refractivity (Wildman–Crippen MR) is 95.8 cm³/mol. The average molecular weight is 341 g/mol. The molecule has 3 aromatic heterocycles. The van der Waals surface area contributed by atoms with Crippen LogP contribution in [-0.4, -0.2) is 50.5 Å². The smallest absolute Gasteiger partial charge is 0.243 e. The number of ether oxygens (including phenoxy) is 1. The molecule has 0 unspecified atom stereocenters. The molecule has 25 heavy (non-hydrogen) atoms. The van der Waals surface area contributed by atoms with Crippen LogP contribution >= 0.6 is 0 Å². The zero-order valence-corrected chi connectivity index (χ0v) is 14.5. The summed E-state index contributed by atoms with van der Waals surface area (Å²) in [6.07, 6.45) is 6.60. The van der Waals surface area contributed by atoms with Crippen molar-refractivity contribution in [2.75, 3.05) is 25.0 Å². The van der Waals surface area contributed by atoms with E-state index in [2.05, 4.69) is 32.9 Å². The maximum Gasteiger partial charge on any atom is 0.243 e. The van der Waals surface area contributed by atoms with Crippen LogP contribution in [-0.2, 0) is 0 Å². The summed E-state index contributed by atoms with van der Waals surface area (Å²) >= 11 is 0. The fourth-order valence-electron chi connectivity index (χ4n) is 3.29. The van der Waals surface area contributed by atoms with E-state index < -0.39 is 0 Å². The highest BCUT2D eigenvalue weighted by atomic mass is 16.5. The van der Waals surface area contributed by atoms with Gasteiger partial charge >= 0.3 is 0 Å². The van der Waals surface area contributed by atoms with E-state index in [0.29, 0.717) is 30.2 Å². The lowest BCUT2D eigenvalue weighted by Crippen LogP contribution is -2.42. The van der Waals surface area contributed by atoms with Crippen LogP contribution in [0.2, 0.25) is 0 Å². The number of fused-ring (bicyclic) bond motifs is 1. The van der Waals surface area contributed by atoms with Gasteiger partial charge in [-0.25, -0.2) is 4.52 Å². The highest BCUT2D eigenvalue weighted by Gasteiger charge is 2.23. The molecule has 0 radical (unpaired) electrons. The Kier molecular flexibility index (Phi) is 4.27. The van der Waals surface area contributed by atoms with Crippen LogP contribution in [0, 0.1) is 5.92 Å². The highest BCUT2D eigenvalue weighted by Crippen LogP contribution is 2.33.